The number of aliphatic hydroxyl groups excluding tert-OH is 1. The van der Waals surface area contributed by atoms with Gasteiger partial charge in [0.05, 0.1) is 11.8 Å². The van der Waals surface area contributed by atoms with E-state index in [-0.39, 0.29) is 6.04 Å². The second kappa shape index (κ2) is 5.48. The third-order valence-electron chi connectivity index (χ3n) is 2.05. The molecule has 0 radical (unpaired) electrons. The Kier molecular flexibility index (Phi) is 4.50. The number of nitrogens with one attached hydrogen (secondary N) is 2. The molecule has 0 saturated carbocycles. The van der Waals surface area contributed by atoms with Crippen LogP contribution < -0.4 is 9.44 Å². The van der Waals surface area contributed by atoms with Crippen LogP contribution in [0.15, 0.2) is 24.3 Å². The molecule has 0 bridgehead atoms. The molecule has 1 rings (SSSR count). The molecule has 0 aliphatic rings. The van der Waals surface area contributed by atoms with Crippen LogP contribution in [0.1, 0.15) is 32.4 Å². The molecule has 6 heteroatoms. The van der Waals surface area contributed by atoms with Crippen molar-refractivity contribution in [2.24, 2.45) is 0 Å². The molecule has 0 aliphatic carbocycles. The lowest BCUT2D eigenvalue weighted by molar-refractivity contribution is 0.200. The Balaban J connectivity index is 2.96. The van der Waals surface area contributed by atoms with E-state index in [9.17, 15) is 13.5 Å². The summed E-state index contributed by atoms with van der Waals surface area (Å²) in [6, 6.07) is 6.56. The van der Waals surface area contributed by atoms with Gasteiger partial charge in [-0.25, -0.2) is 0 Å². The van der Waals surface area contributed by atoms with Gasteiger partial charge >= 0.3 is 0 Å². The van der Waals surface area contributed by atoms with Gasteiger partial charge in [-0.05, 0) is 26.8 Å². The van der Waals surface area contributed by atoms with E-state index >= 15 is 0 Å². The first kappa shape index (κ1) is 14.0. The summed E-state index contributed by atoms with van der Waals surface area (Å²) >= 11 is 0. The molecule has 0 aliphatic heterocycles. The van der Waals surface area contributed by atoms with Crippen LogP contribution in [0, 0.1) is 0 Å². The highest BCUT2D eigenvalue weighted by Crippen LogP contribution is 2.22. The third kappa shape index (κ3) is 4.33. The molecule has 0 fully saturated rings. The largest absolute Gasteiger partial charge is 0.389 e. The lowest BCUT2D eigenvalue weighted by Gasteiger charge is -2.15. The van der Waals surface area contributed by atoms with E-state index in [2.05, 4.69) is 9.44 Å². The van der Waals surface area contributed by atoms with Gasteiger partial charge in [0.2, 0.25) is 0 Å². The molecule has 0 heterocycles. The van der Waals surface area contributed by atoms with E-state index < -0.39 is 16.3 Å². The molecular weight excluding hydrogens is 240 g/mol. The van der Waals surface area contributed by atoms with Crippen LogP contribution in [0.3, 0.4) is 0 Å². The summed E-state index contributed by atoms with van der Waals surface area (Å²) in [6.45, 7) is 5.06. The monoisotopic (exact) mass is 258 g/mol. The SMILES string of the molecule is CC(C)NS(=O)(=O)Nc1ccccc1C(C)O. The molecular formula is C11H18N2O3S. The molecule has 3 N–H and O–H groups in total. The molecule has 5 nitrogen and oxygen atoms in total. The summed E-state index contributed by atoms with van der Waals surface area (Å²) in [5, 5.41) is 9.53. The summed E-state index contributed by atoms with van der Waals surface area (Å²) in [4.78, 5) is 0. The van der Waals surface area contributed by atoms with E-state index in [1.54, 1.807) is 45.0 Å². The van der Waals surface area contributed by atoms with Gasteiger partial charge in [-0.2, -0.15) is 13.1 Å². The van der Waals surface area contributed by atoms with E-state index in [1.807, 2.05) is 0 Å². The number of benzene rings is 1. The highest BCUT2D eigenvalue weighted by atomic mass is 32.2. The van der Waals surface area contributed by atoms with Gasteiger partial charge in [0, 0.05) is 11.6 Å². The molecule has 0 saturated heterocycles. The summed E-state index contributed by atoms with van der Waals surface area (Å²) in [7, 11) is -3.60. The first-order chi connectivity index (χ1) is 7.82. The van der Waals surface area contributed by atoms with Crippen molar-refractivity contribution in [3.63, 3.8) is 0 Å². The second-order valence-electron chi connectivity index (χ2n) is 4.14. The molecule has 17 heavy (non-hydrogen) atoms. The average Bonchev–Trinajstić information content (AvgIpc) is 2.14. The van der Waals surface area contributed by atoms with Crippen LogP contribution in [0.5, 0.6) is 0 Å². The minimum Gasteiger partial charge on any atom is -0.389 e. The summed E-state index contributed by atoms with van der Waals surface area (Å²) in [5.74, 6) is 0. The average molecular weight is 258 g/mol. The molecule has 1 aromatic carbocycles. The fourth-order valence-corrected chi connectivity index (χ4v) is 2.59. The van der Waals surface area contributed by atoms with Crippen molar-refractivity contribution in [2.45, 2.75) is 32.9 Å². The normalized spacial score (nSPS) is 13.7. The molecule has 1 atom stereocenters. The highest BCUT2D eigenvalue weighted by Gasteiger charge is 2.15. The molecule has 96 valence electrons. The number of aliphatic hydroxyl groups is 1. The van der Waals surface area contributed by atoms with E-state index in [1.165, 1.54) is 0 Å². The maximum atomic E-state index is 11.7. The second-order valence-corrected chi connectivity index (χ2v) is 5.59. The maximum Gasteiger partial charge on any atom is 0.299 e. The van der Waals surface area contributed by atoms with E-state index in [4.69, 9.17) is 0 Å². The van der Waals surface area contributed by atoms with Crippen LogP contribution in [0.2, 0.25) is 0 Å². The Morgan fingerprint density at radius 3 is 2.29 bits per heavy atom. The molecule has 0 amide bonds. The first-order valence-electron chi connectivity index (χ1n) is 5.39. The van der Waals surface area contributed by atoms with Gasteiger partial charge in [-0.1, -0.05) is 18.2 Å². The lowest BCUT2D eigenvalue weighted by atomic mass is 10.1. The quantitative estimate of drug-likeness (QED) is 0.747. The van der Waals surface area contributed by atoms with Crippen LogP contribution >= 0.6 is 0 Å². The van der Waals surface area contributed by atoms with Gasteiger partial charge in [0.1, 0.15) is 0 Å². The third-order valence-corrected chi connectivity index (χ3v) is 3.32. The predicted octanol–water partition coefficient (Wildman–Crippen LogP) is 1.39. The molecule has 1 aromatic rings. The first-order valence-corrected chi connectivity index (χ1v) is 6.87. The Hall–Kier alpha value is -1.11. The van der Waals surface area contributed by atoms with E-state index in [0.717, 1.165) is 0 Å². The van der Waals surface area contributed by atoms with Crippen LogP contribution in [0.25, 0.3) is 0 Å². The number of anilines is 1. The summed E-state index contributed by atoms with van der Waals surface area (Å²) in [5.41, 5.74) is 0.928. The minimum atomic E-state index is -3.60. The molecule has 0 aromatic heterocycles. The highest BCUT2D eigenvalue weighted by molar-refractivity contribution is 7.90. The fourth-order valence-electron chi connectivity index (χ4n) is 1.44. The van der Waals surface area contributed by atoms with Crippen LogP contribution in [0.4, 0.5) is 5.69 Å². The van der Waals surface area contributed by atoms with Gasteiger partial charge in [-0.15, -0.1) is 0 Å². The Morgan fingerprint density at radius 1 is 1.18 bits per heavy atom. The zero-order valence-electron chi connectivity index (χ0n) is 10.1. The van der Waals surface area contributed by atoms with Crippen molar-refractivity contribution in [1.29, 1.82) is 0 Å². The van der Waals surface area contributed by atoms with Gasteiger partial charge < -0.3 is 5.11 Å². The Bertz CT molecular complexity index is 469. The predicted molar refractivity (Wildman–Crippen MR) is 67.9 cm³/mol. The van der Waals surface area contributed by atoms with Gasteiger partial charge in [0.15, 0.2) is 0 Å². The van der Waals surface area contributed by atoms with E-state index in [0.29, 0.717) is 11.3 Å². The molecule has 0 spiro atoms. The topological polar surface area (TPSA) is 78.4 Å². The number of hydrogen-bond acceptors (Lipinski definition) is 3. The fraction of sp³-hybridized carbons (Fsp3) is 0.455. The number of para-hydroxylation sites is 1. The van der Waals surface area contributed by atoms with Crippen LogP contribution in [-0.4, -0.2) is 19.6 Å². The van der Waals surface area contributed by atoms with Gasteiger partial charge in [0.25, 0.3) is 10.2 Å². The van der Waals surface area contributed by atoms with Crippen molar-refractivity contribution in [2.75, 3.05) is 4.72 Å². The summed E-state index contributed by atoms with van der Waals surface area (Å²) in [6.07, 6.45) is -0.729. The minimum absolute atomic E-state index is 0.189. The van der Waals surface area contributed by atoms with Crippen molar-refractivity contribution in [3.05, 3.63) is 29.8 Å². The van der Waals surface area contributed by atoms with Crippen molar-refractivity contribution >= 4 is 15.9 Å². The maximum absolute atomic E-state index is 11.7. The molecule has 1 unspecified atom stereocenters. The zero-order valence-corrected chi connectivity index (χ0v) is 11.0. The van der Waals surface area contributed by atoms with Crippen molar-refractivity contribution in [1.82, 2.24) is 4.72 Å². The standard InChI is InChI=1S/C11H18N2O3S/c1-8(2)12-17(15,16)13-11-7-5-4-6-10(11)9(3)14/h4-9,12-14H,1-3H3. The van der Waals surface area contributed by atoms with Crippen molar-refractivity contribution < 1.29 is 13.5 Å². The zero-order chi connectivity index (χ0) is 13.1. The Morgan fingerprint density at radius 2 is 1.76 bits per heavy atom. The summed E-state index contributed by atoms with van der Waals surface area (Å²) < 4.78 is 28.2. The van der Waals surface area contributed by atoms with Crippen molar-refractivity contribution in [3.8, 4) is 0 Å². The Labute approximate surface area is 102 Å². The van der Waals surface area contributed by atoms with Gasteiger partial charge in [-0.3, -0.25) is 4.72 Å². The lowest BCUT2D eigenvalue weighted by Crippen LogP contribution is -2.35. The van der Waals surface area contributed by atoms with Crippen LogP contribution in [-0.2, 0) is 10.2 Å². The number of hydrogen-bond donors (Lipinski definition) is 3. The number of rotatable bonds is 5. The smallest absolute Gasteiger partial charge is 0.299 e.